The second kappa shape index (κ2) is 9.17. The van der Waals surface area contributed by atoms with Crippen LogP contribution in [0.2, 0.25) is 0 Å². The van der Waals surface area contributed by atoms with Crippen LogP contribution in [0.3, 0.4) is 0 Å². The van der Waals surface area contributed by atoms with Crippen LogP contribution in [0.1, 0.15) is 68.6 Å². The summed E-state index contributed by atoms with van der Waals surface area (Å²) in [5.74, 6) is 0.0528. The minimum atomic E-state index is -2.75. The monoisotopic (exact) mass is 413 g/mol. The van der Waals surface area contributed by atoms with Gasteiger partial charge in [0.15, 0.2) is 0 Å². The Morgan fingerprint density at radius 3 is 2.62 bits per heavy atom. The fourth-order valence-corrected chi connectivity index (χ4v) is 4.19. The lowest BCUT2D eigenvalue weighted by Gasteiger charge is -2.34. The van der Waals surface area contributed by atoms with Crippen molar-refractivity contribution in [2.75, 3.05) is 10.6 Å². The number of aromatic nitrogens is 2. The van der Waals surface area contributed by atoms with Crippen molar-refractivity contribution in [3.63, 3.8) is 0 Å². The Morgan fingerprint density at radius 2 is 2.00 bits per heavy atom. The summed E-state index contributed by atoms with van der Waals surface area (Å²) in [4.78, 5) is 20.4. The number of nitrogens with one attached hydrogen (secondary N) is 2. The van der Waals surface area contributed by atoms with E-state index in [0.29, 0.717) is 43.9 Å². The lowest BCUT2D eigenvalue weighted by atomic mass is 9.83. The number of hydrogen-bond acceptors (Lipinski definition) is 7. The first-order chi connectivity index (χ1) is 13.7. The molecule has 3 rings (SSSR count). The van der Waals surface area contributed by atoms with E-state index in [4.69, 9.17) is 5.73 Å². The predicted octanol–water partition coefficient (Wildman–Crippen LogP) is 2.64. The third kappa shape index (κ3) is 6.20. The molecule has 0 radical (unpaired) electrons. The molecule has 1 aromatic rings. The van der Waals surface area contributed by atoms with Gasteiger partial charge in [-0.1, -0.05) is 0 Å². The van der Waals surface area contributed by atoms with Crippen molar-refractivity contribution in [2.45, 2.75) is 88.7 Å². The second-order valence-corrected chi connectivity index (χ2v) is 8.27. The number of hydrogen-bond donors (Lipinski definition) is 4. The summed E-state index contributed by atoms with van der Waals surface area (Å²) < 4.78 is 29.2. The van der Waals surface area contributed by atoms with Crippen molar-refractivity contribution in [1.29, 1.82) is 0 Å². The highest BCUT2D eigenvalue weighted by molar-refractivity contribution is 5.97. The van der Waals surface area contributed by atoms with Gasteiger partial charge in [0.25, 0.3) is 5.91 Å². The maximum Gasteiger partial charge on any atom is 0.345 e. The molecule has 10 heteroatoms. The molecule has 0 aliphatic heterocycles. The number of primary amides is 1. The molecule has 29 heavy (non-hydrogen) atoms. The normalized spacial score (nSPS) is 30.2. The molecule has 1 heterocycles. The molecular formula is C19H29F2N5O3. The van der Waals surface area contributed by atoms with Crippen LogP contribution in [0.4, 0.5) is 20.5 Å². The van der Waals surface area contributed by atoms with Gasteiger partial charge in [0.2, 0.25) is 5.95 Å². The number of aliphatic hydroxyl groups is 1. The molecule has 2 fully saturated rings. The highest BCUT2D eigenvalue weighted by Crippen LogP contribution is 2.30. The topological polar surface area (TPSA) is 122 Å². The van der Waals surface area contributed by atoms with E-state index in [1.165, 1.54) is 6.20 Å². The van der Waals surface area contributed by atoms with Crippen LogP contribution in [0.15, 0.2) is 6.20 Å². The third-order valence-corrected chi connectivity index (χ3v) is 5.65. The average Bonchev–Trinajstić information content (AvgIpc) is 2.62. The molecule has 0 saturated heterocycles. The summed E-state index contributed by atoms with van der Waals surface area (Å²) in [5.41, 5.74) is 4.89. The smallest absolute Gasteiger partial charge is 0.345 e. The van der Waals surface area contributed by atoms with E-state index in [9.17, 15) is 18.7 Å². The van der Waals surface area contributed by atoms with Crippen LogP contribution in [0, 0.1) is 0 Å². The predicted molar refractivity (Wildman–Crippen MR) is 104 cm³/mol. The highest BCUT2D eigenvalue weighted by Gasteiger charge is 2.31. The van der Waals surface area contributed by atoms with E-state index in [0.717, 1.165) is 19.3 Å². The van der Waals surface area contributed by atoms with Gasteiger partial charge in [-0.25, -0.2) is 4.98 Å². The maximum absolute atomic E-state index is 12.3. The van der Waals surface area contributed by atoms with E-state index in [1.807, 2.05) is 0 Å². The Balaban J connectivity index is 1.65. The highest BCUT2D eigenvalue weighted by atomic mass is 19.3. The Labute approximate surface area is 168 Å². The number of nitrogens with zero attached hydrogens (tertiary/aromatic N) is 2. The van der Waals surface area contributed by atoms with Gasteiger partial charge < -0.3 is 26.2 Å². The Kier molecular flexibility index (Phi) is 6.84. The van der Waals surface area contributed by atoms with Crippen molar-refractivity contribution in [2.24, 2.45) is 5.73 Å². The molecule has 0 bridgehead atoms. The minimum Gasteiger partial charge on any atom is -0.390 e. The van der Waals surface area contributed by atoms with E-state index in [2.05, 4.69) is 25.3 Å². The molecule has 2 saturated carbocycles. The number of alkyl halides is 2. The minimum absolute atomic E-state index is 0.0264. The maximum atomic E-state index is 12.3. The SMILES string of the molecule is C[C@@]1(O)CCC[C@@H](Nc2nc(NC3CCC(OC(F)F)CC3)ncc2C(N)=O)C1. The number of amides is 1. The molecule has 2 aliphatic carbocycles. The summed E-state index contributed by atoms with van der Waals surface area (Å²) in [5, 5.41) is 16.8. The summed E-state index contributed by atoms with van der Waals surface area (Å²) in [6.07, 6.45) is 6.35. The van der Waals surface area contributed by atoms with Gasteiger partial charge >= 0.3 is 6.61 Å². The number of carbonyl (C=O) groups excluding carboxylic acids is 1. The van der Waals surface area contributed by atoms with Gasteiger partial charge in [0.1, 0.15) is 5.82 Å². The van der Waals surface area contributed by atoms with Crippen LogP contribution >= 0.6 is 0 Å². The van der Waals surface area contributed by atoms with Crippen LogP contribution < -0.4 is 16.4 Å². The van der Waals surface area contributed by atoms with Crippen LogP contribution in [0.25, 0.3) is 0 Å². The standard InChI is InChI=1S/C19H29F2N5O3/c1-19(28)8-2-3-12(9-19)24-16-14(15(22)27)10-23-18(26-16)25-11-4-6-13(7-5-11)29-17(20)21/h10-13,17,28H,2-9H2,1H3,(H2,22,27)(H2,23,24,25,26)/t11?,12-,13?,19-/m1/s1. The van der Waals surface area contributed by atoms with Gasteiger partial charge in [-0.05, 0) is 58.3 Å². The quantitative estimate of drug-likeness (QED) is 0.542. The van der Waals surface area contributed by atoms with Gasteiger partial charge in [-0.15, -0.1) is 0 Å². The zero-order valence-electron chi connectivity index (χ0n) is 16.5. The molecular weight excluding hydrogens is 384 g/mol. The first-order valence-corrected chi connectivity index (χ1v) is 10.1. The molecule has 0 aromatic carbocycles. The molecule has 1 aromatic heterocycles. The lowest BCUT2D eigenvalue weighted by molar-refractivity contribution is -0.169. The number of halogens is 2. The molecule has 162 valence electrons. The number of nitrogens with two attached hydrogens (primary N) is 1. The molecule has 2 atom stereocenters. The molecule has 0 unspecified atom stereocenters. The largest absolute Gasteiger partial charge is 0.390 e. The average molecular weight is 413 g/mol. The zero-order valence-corrected chi connectivity index (χ0v) is 16.5. The number of carbonyl (C=O) groups is 1. The third-order valence-electron chi connectivity index (χ3n) is 5.65. The summed E-state index contributed by atoms with van der Waals surface area (Å²) in [6.45, 7) is -0.944. The van der Waals surface area contributed by atoms with Gasteiger partial charge in [-0.3, -0.25) is 4.79 Å². The van der Waals surface area contributed by atoms with Gasteiger partial charge in [-0.2, -0.15) is 13.8 Å². The van der Waals surface area contributed by atoms with Crippen molar-refractivity contribution in [1.82, 2.24) is 9.97 Å². The Morgan fingerprint density at radius 1 is 1.28 bits per heavy atom. The first-order valence-electron chi connectivity index (χ1n) is 10.1. The zero-order chi connectivity index (χ0) is 21.0. The molecule has 8 nitrogen and oxygen atoms in total. The van der Waals surface area contributed by atoms with Gasteiger partial charge in [0, 0.05) is 18.3 Å². The van der Waals surface area contributed by atoms with Gasteiger partial charge in [0.05, 0.1) is 17.3 Å². The molecule has 1 amide bonds. The first kappa shape index (κ1) is 21.6. The van der Waals surface area contributed by atoms with Crippen LogP contribution in [0.5, 0.6) is 0 Å². The number of ether oxygens (including phenoxy) is 1. The Hall–Kier alpha value is -2.07. The van der Waals surface area contributed by atoms with Crippen LogP contribution in [-0.4, -0.2) is 51.4 Å². The number of rotatable bonds is 7. The van der Waals surface area contributed by atoms with E-state index >= 15 is 0 Å². The summed E-state index contributed by atoms with van der Waals surface area (Å²) >= 11 is 0. The van der Waals surface area contributed by atoms with E-state index < -0.39 is 24.2 Å². The molecule has 5 N–H and O–H groups in total. The van der Waals surface area contributed by atoms with Crippen molar-refractivity contribution >= 4 is 17.7 Å². The van der Waals surface area contributed by atoms with Crippen LogP contribution in [-0.2, 0) is 4.74 Å². The van der Waals surface area contributed by atoms with Crippen molar-refractivity contribution < 1.29 is 23.4 Å². The van der Waals surface area contributed by atoms with E-state index in [-0.39, 0.29) is 17.6 Å². The van der Waals surface area contributed by atoms with E-state index in [1.54, 1.807) is 6.92 Å². The van der Waals surface area contributed by atoms with Crippen molar-refractivity contribution in [3.05, 3.63) is 11.8 Å². The molecule has 0 spiro atoms. The fourth-order valence-electron chi connectivity index (χ4n) is 4.19. The second-order valence-electron chi connectivity index (χ2n) is 8.27. The van der Waals surface area contributed by atoms with Crippen molar-refractivity contribution in [3.8, 4) is 0 Å². The fraction of sp³-hybridized carbons (Fsp3) is 0.737. The summed E-state index contributed by atoms with van der Waals surface area (Å²) in [6, 6.07) is 0.0109. The Bertz CT molecular complexity index is 711. The summed E-state index contributed by atoms with van der Waals surface area (Å²) in [7, 11) is 0. The molecule has 2 aliphatic rings. The lowest BCUT2D eigenvalue weighted by Crippen LogP contribution is -2.38. The number of anilines is 2.